The summed E-state index contributed by atoms with van der Waals surface area (Å²) >= 11 is 0. The molecule has 2 N–H and O–H groups in total. The van der Waals surface area contributed by atoms with Gasteiger partial charge < -0.3 is 10.4 Å². The van der Waals surface area contributed by atoms with E-state index in [0.717, 1.165) is 17.8 Å². The minimum absolute atomic E-state index is 0.205. The van der Waals surface area contributed by atoms with E-state index in [1.807, 2.05) is 12.1 Å². The molecule has 0 radical (unpaired) electrons. The van der Waals surface area contributed by atoms with Crippen LogP contribution in [0, 0.1) is 0 Å². The second kappa shape index (κ2) is 6.00. The van der Waals surface area contributed by atoms with Gasteiger partial charge in [-0.25, -0.2) is 4.79 Å². The van der Waals surface area contributed by atoms with Gasteiger partial charge in [0.05, 0.1) is 17.8 Å². The van der Waals surface area contributed by atoms with Crippen LogP contribution in [0.3, 0.4) is 0 Å². The van der Waals surface area contributed by atoms with Gasteiger partial charge in [-0.15, -0.1) is 0 Å². The molecule has 0 saturated carbocycles. The van der Waals surface area contributed by atoms with Crippen molar-refractivity contribution in [2.45, 2.75) is 19.9 Å². The number of aryl methyl sites for hydroxylation is 1. The van der Waals surface area contributed by atoms with Crippen LogP contribution in [0.2, 0.25) is 0 Å². The number of pyridine rings is 1. The van der Waals surface area contributed by atoms with E-state index in [0.29, 0.717) is 6.54 Å². The Morgan fingerprint density at radius 3 is 2.47 bits per heavy atom. The summed E-state index contributed by atoms with van der Waals surface area (Å²) in [5.74, 6) is -0.956. The third-order valence-electron chi connectivity index (χ3n) is 2.91. The molecule has 2 rings (SSSR count). The first-order chi connectivity index (χ1) is 9.19. The fourth-order valence-corrected chi connectivity index (χ4v) is 1.71. The maximum absolute atomic E-state index is 10.7. The van der Waals surface area contributed by atoms with E-state index < -0.39 is 5.97 Å². The SMILES string of the molecule is CCc1ccc(NCc2ccc(C(=O)O)cn2)cc1. The summed E-state index contributed by atoms with van der Waals surface area (Å²) in [6.07, 6.45) is 2.40. The molecule has 0 aliphatic rings. The largest absolute Gasteiger partial charge is 0.478 e. The highest BCUT2D eigenvalue weighted by Gasteiger charge is 2.02. The van der Waals surface area contributed by atoms with Gasteiger partial charge in [0, 0.05) is 11.9 Å². The van der Waals surface area contributed by atoms with Crippen LogP contribution in [0.5, 0.6) is 0 Å². The molecule has 0 saturated heterocycles. The fraction of sp³-hybridized carbons (Fsp3) is 0.200. The fourth-order valence-electron chi connectivity index (χ4n) is 1.71. The minimum atomic E-state index is -0.956. The van der Waals surface area contributed by atoms with Crippen LogP contribution >= 0.6 is 0 Å². The van der Waals surface area contributed by atoms with Crippen LogP contribution in [-0.4, -0.2) is 16.1 Å². The van der Waals surface area contributed by atoms with Gasteiger partial charge in [0.2, 0.25) is 0 Å². The molecular weight excluding hydrogens is 240 g/mol. The lowest BCUT2D eigenvalue weighted by molar-refractivity contribution is 0.0696. The molecule has 98 valence electrons. The number of carbonyl (C=O) groups is 1. The quantitative estimate of drug-likeness (QED) is 0.863. The van der Waals surface area contributed by atoms with Gasteiger partial charge in [0.15, 0.2) is 0 Å². The number of hydrogen-bond donors (Lipinski definition) is 2. The molecule has 0 atom stereocenters. The zero-order chi connectivity index (χ0) is 13.7. The zero-order valence-electron chi connectivity index (χ0n) is 10.8. The lowest BCUT2D eigenvalue weighted by Gasteiger charge is -2.07. The average molecular weight is 256 g/mol. The van der Waals surface area contributed by atoms with Gasteiger partial charge in [-0.2, -0.15) is 0 Å². The first kappa shape index (κ1) is 13.1. The molecule has 0 amide bonds. The number of hydrogen-bond acceptors (Lipinski definition) is 3. The minimum Gasteiger partial charge on any atom is -0.478 e. The number of benzene rings is 1. The molecule has 1 aromatic carbocycles. The molecule has 0 spiro atoms. The number of aromatic carboxylic acids is 1. The van der Waals surface area contributed by atoms with Crippen molar-refractivity contribution in [3.8, 4) is 0 Å². The number of nitrogens with zero attached hydrogens (tertiary/aromatic N) is 1. The third-order valence-corrected chi connectivity index (χ3v) is 2.91. The lowest BCUT2D eigenvalue weighted by atomic mass is 10.1. The predicted molar refractivity (Wildman–Crippen MR) is 74.3 cm³/mol. The third kappa shape index (κ3) is 3.55. The number of aromatic nitrogens is 1. The van der Waals surface area contributed by atoms with Crippen LogP contribution in [0.15, 0.2) is 42.6 Å². The van der Waals surface area contributed by atoms with E-state index in [2.05, 4.69) is 29.4 Å². The van der Waals surface area contributed by atoms with E-state index in [1.54, 1.807) is 12.1 Å². The summed E-state index contributed by atoms with van der Waals surface area (Å²) in [5.41, 5.74) is 3.34. The second-order valence-electron chi connectivity index (χ2n) is 4.25. The van der Waals surface area contributed by atoms with Crippen molar-refractivity contribution in [3.05, 3.63) is 59.4 Å². The van der Waals surface area contributed by atoms with E-state index in [4.69, 9.17) is 5.11 Å². The van der Waals surface area contributed by atoms with Crippen molar-refractivity contribution in [1.29, 1.82) is 0 Å². The van der Waals surface area contributed by atoms with Crippen molar-refractivity contribution >= 4 is 11.7 Å². The number of anilines is 1. The van der Waals surface area contributed by atoms with Crippen molar-refractivity contribution < 1.29 is 9.90 Å². The molecule has 4 nitrogen and oxygen atoms in total. The van der Waals surface area contributed by atoms with E-state index in [9.17, 15) is 4.79 Å². The average Bonchev–Trinajstić information content (AvgIpc) is 2.46. The topological polar surface area (TPSA) is 62.2 Å². The van der Waals surface area contributed by atoms with Crippen molar-refractivity contribution in [3.63, 3.8) is 0 Å². The summed E-state index contributed by atoms with van der Waals surface area (Å²) < 4.78 is 0. The Balaban J connectivity index is 1.95. The standard InChI is InChI=1S/C15H16N2O2/c1-2-11-3-6-13(7-4-11)17-10-14-8-5-12(9-16-14)15(18)19/h3-9,17H,2,10H2,1H3,(H,18,19). The summed E-state index contributed by atoms with van der Waals surface area (Å²) in [7, 11) is 0. The molecule has 2 aromatic rings. The van der Waals surface area contributed by atoms with Gasteiger partial charge in [-0.1, -0.05) is 19.1 Å². The normalized spacial score (nSPS) is 10.2. The molecule has 0 bridgehead atoms. The number of nitrogens with one attached hydrogen (secondary N) is 1. The smallest absolute Gasteiger partial charge is 0.337 e. The molecule has 0 unspecified atom stereocenters. The van der Waals surface area contributed by atoms with Crippen LogP contribution < -0.4 is 5.32 Å². The zero-order valence-corrected chi connectivity index (χ0v) is 10.8. The van der Waals surface area contributed by atoms with Crippen molar-refractivity contribution in [2.24, 2.45) is 0 Å². The highest BCUT2D eigenvalue weighted by molar-refractivity contribution is 5.87. The van der Waals surface area contributed by atoms with E-state index in [-0.39, 0.29) is 5.56 Å². The molecule has 0 aliphatic carbocycles. The summed E-state index contributed by atoms with van der Waals surface area (Å²) in [6.45, 7) is 2.70. The van der Waals surface area contributed by atoms with Gasteiger partial charge in [0.1, 0.15) is 0 Å². The molecule has 0 fully saturated rings. The molecule has 19 heavy (non-hydrogen) atoms. The number of carboxylic acid groups (broad SMARTS) is 1. The second-order valence-corrected chi connectivity index (χ2v) is 4.25. The summed E-state index contributed by atoms with van der Waals surface area (Å²) in [5, 5.41) is 12.0. The first-order valence-corrected chi connectivity index (χ1v) is 6.20. The van der Waals surface area contributed by atoms with Gasteiger partial charge in [-0.3, -0.25) is 4.98 Å². The predicted octanol–water partition coefficient (Wildman–Crippen LogP) is 2.95. The molecule has 1 heterocycles. The highest BCUT2D eigenvalue weighted by atomic mass is 16.4. The molecule has 4 heteroatoms. The van der Waals surface area contributed by atoms with Crippen LogP contribution in [0.1, 0.15) is 28.5 Å². The monoisotopic (exact) mass is 256 g/mol. The molecular formula is C15H16N2O2. The maximum atomic E-state index is 10.7. The Hall–Kier alpha value is -2.36. The van der Waals surface area contributed by atoms with Crippen LogP contribution in [0.25, 0.3) is 0 Å². The van der Waals surface area contributed by atoms with Crippen molar-refractivity contribution in [1.82, 2.24) is 4.98 Å². The van der Waals surface area contributed by atoms with E-state index in [1.165, 1.54) is 11.8 Å². The Labute approximate surface area is 112 Å². The van der Waals surface area contributed by atoms with Gasteiger partial charge >= 0.3 is 5.97 Å². The number of rotatable bonds is 5. The number of carboxylic acids is 1. The first-order valence-electron chi connectivity index (χ1n) is 6.20. The van der Waals surface area contributed by atoms with Crippen LogP contribution in [0.4, 0.5) is 5.69 Å². The van der Waals surface area contributed by atoms with Gasteiger partial charge in [-0.05, 0) is 36.2 Å². The lowest BCUT2D eigenvalue weighted by Crippen LogP contribution is -2.03. The van der Waals surface area contributed by atoms with Gasteiger partial charge in [0.25, 0.3) is 0 Å². The Bertz CT molecular complexity index is 547. The van der Waals surface area contributed by atoms with Crippen molar-refractivity contribution in [2.75, 3.05) is 5.32 Å². The Morgan fingerprint density at radius 2 is 1.95 bits per heavy atom. The Morgan fingerprint density at radius 1 is 1.21 bits per heavy atom. The summed E-state index contributed by atoms with van der Waals surface area (Å²) in [4.78, 5) is 14.8. The Kier molecular flexibility index (Phi) is 4.13. The van der Waals surface area contributed by atoms with E-state index >= 15 is 0 Å². The summed E-state index contributed by atoms with van der Waals surface area (Å²) in [6, 6.07) is 11.5. The molecule has 1 aromatic heterocycles. The highest BCUT2D eigenvalue weighted by Crippen LogP contribution is 2.11. The maximum Gasteiger partial charge on any atom is 0.337 e. The molecule has 0 aliphatic heterocycles. The van der Waals surface area contributed by atoms with Crippen LogP contribution in [-0.2, 0) is 13.0 Å².